The fourth-order valence-corrected chi connectivity index (χ4v) is 3.32. The predicted octanol–water partition coefficient (Wildman–Crippen LogP) is 5.24. The number of hydrogen-bond donors (Lipinski definition) is 1. The van der Waals surface area contributed by atoms with Crippen LogP contribution in [-0.2, 0) is 11.3 Å². The van der Waals surface area contributed by atoms with E-state index in [0.717, 1.165) is 33.4 Å². The number of ether oxygens (including phenoxy) is 2. The number of aliphatic imine (C=N–C) groups is 1. The Labute approximate surface area is 156 Å². The van der Waals surface area contributed by atoms with Crippen LogP contribution in [0.4, 0.5) is 16.4 Å². The summed E-state index contributed by atoms with van der Waals surface area (Å²) in [6.07, 6.45) is 0. The molecule has 2 aromatic carbocycles. The molecule has 0 saturated carbocycles. The lowest BCUT2D eigenvalue weighted by Crippen LogP contribution is -2.18. The SMILES string of the molecule is CN(C)c1ccc(Oc2ccc(NC3=Nc4sccc4CO3)cc2)cc1. The van der Waals surface area contributed by atoms with Crippen molar-refractivity contribution in [2.45, 2.75) is 6.61 Å². The van der Waals surface area contributed by atoms with Gasteiger partial charge in [-0.3, -0.25) is 0 Å². The van der Waals surface area contributed by atoms with Gasteiger partial charge in [-0.2, -0.15) is 4.99 Å². The van der Waals surface area contributed by atoms with Crippen LogP contribution in [0.2, 0.25) is 0 Å². The first-order valence-electron chi connectivity index (χ1n) is 8.27. The number of nitrogens with zero attached hydrogens (tertiary/aromatic N) is 2. The number of fused-ring (bicyclic) bond motifs is 1. The maximum atomic E-state index is 5.89. The molecule has 1 aliphatic heterocycles. The highest BCUT2D eigenvalue weighted by molar-refractivity contribution is 7.14. The highest BCUT2D eigenvalue weighted by Gasteiger charge is 2.14. The first-order chi connectivity index (χ1) is 12.7. The summed E-state index contributed by atoms with van der Waals surface area (Å²) in [5.41, 5.74) is 3.17. The molecule has 1 N–H and O–H groups in total. The third-order valence-electron chi connectivity index (χ3n) is 3.99. The topological polar surface area (TPSA) is 46.1 Å². The number of thiophene rings is 1. The Kier molecular flexibility index (Phi) is 4.50. The largest absolute Gasteiger partial charge is 0.460 e. The molecule has 0 spiro atoms. The third kappa shape index (κ3) is 3.65. The number of anilines is 2. The van der Waals surface area contributed by atoms with Crippen molar-refractivity contribution >= 4 is 33.7 Å². The summed E-state index contributed by atoms with van der Waals surface area (Å²) in [4.78, 5) is 6.53. The van der Waals surface area contributed by atoms with Gasteiger partial charge in [0.05, 0.1) is 0 Å². The summed E-state index contributed by atoms with van der Waals surface area (Å²) in [7, 11) is 4.03. The Balaban J connectivity index is 1.41. The van der Waals surface area contributed by atoms with E-state index in [9.17, 15) is 0 Å². The molecule has 0 saturated heterocycles. The lowest BCUT2D eigenvalue weighted by atomic mass is 10.2. The minimum atomic E-state index is 0.521. The molecule has 1 aromatic heterocycles. The average molecular weight is 365 g/mol. The Morgan fingerprint density at radius 2 is 1.69 bits per heavy atom. The summed E-state index contributed by atoms with van der Waals surface area (Å²) in [6, 6.07) is 18.3. The van der Waals surface area contributed by atoms with E-state index in [-0.39, 0.29) is 0 Å². The van der Waals surface area contributed by atoms with Crippen LogP contribution in [0.25, 0.3) is 0 Å². The van der Waals surface area contributed by atoms with E-state index < -0.39 is 0 Å². The molecule has 2 heterocycles. The summed E-state index contributed by atoms with van der Waals surface area (Å²) in [5.74, 6) is 1.58. The summed E-state index contributed by atoms with van der Waals surface area (Å²) in [6.45, 7) is 0.550. The van der Waals surface area contributed by atoms with Crippen LogP contribution in [0, 0.1) is 0 Å². The van der Waals surface area contributed by atoms with Crippen molar-refractivity contribution in [2.24, 2.45) is 4.99 Å². The van der Waals surface area contributed by atoms with Crippen LogP contribution in [0.3, 0.4) is 0 Å². The number of benzene rings is 2. The Morgan fingerprint density at radius 1 is 1.00 bits per heavy atom. The summed E-state index contributed by atoms with van der Waals surface area (Å²) >= 11 is 1.62. The predicted molar refractivity (Wildman–Crippen MR) is 107 cm³/mol. The fraction of sp³-hybridized carbons (Fsp3) is 0.150. The first kappa shape index (κ1) is 16.5. The van der Waals surface area contributed by atoms with E-state index in [1.165, 1.54) is 0 Å². The van der Waals surface area contributed by atoms with Crippen LogP contribution in [-0.4, -0.2) is 20.1 Å². The lowest BCUT2D eigenvalue weighted by molar-refractivity contribution is 0.287. The van der Waals surface area contributed by atoms with Gasteiger partial charge in [0.15, 0.2) is 0 Å². The molecule has 26 heavy (non-hydrogen) atoms. The molecule has 4 rings (SSSR count). The second-order valence-corrected chi connectivity index (χ2v) is 6.99. The van der Waals surface area contributed by atoms with Gasteiger partial charge < -0.3 is 19.7 Å². The number of nitrogens with one attached hydrogen (secondary N) is 1. The van der Waals surface area contributed by atoms with Crippen molar-refractivity contribution < 1.29 is 9.47 Å². The lowest BCUT2D eigenvalue weighted by Gasteiger charge is -2.15. The Hall–Kier alpha value is -2.99. The van der Waals surface area contributed by atoms with Gasteiger partial charge >= 0.3 is 0 Å². The maximum absolute atomic E-state index is 5.89. The van der Waals surface area contributed by atoms with Crippen molar-refractivity contribution in [1.82, 2.24) is 0 Å². The minimum absolute atomic E-state index is 0.521. The fourth-order valence-electron chi connectivity index (χ4n) is 2.55. The van der Waals surface area contributed by atoms with Crippen molar-refractivity contribution in [3.63, 3.8) is 0 Å². The van der Waals surface area contributed by atoms with Crippen LogP contribution >= 0.6 is 11.3 Å². The van der Waals surface area contributed by atoms with E-state index in [1.807, 2.05) is 74.1 Å². The number of rotatable bonds is 4. The summed E-state index contributed by atoms with van der Waals surface area (Å²) < 4.78 is 11.5. The monoisotopic (exact) mass is 365 g/mol. The van der Waals surface area contributed by atoms with Crippen LogP contribution in [0.15, 0.2) is 65.0 Å². The highest BCUT2D eigenvalue weighted by atomic mass is 32.1. The zero-order valence-electron chi connectivity index (χ0n) is 14.6. The Morgan fingerprint density at radius 3 is 2.38 bits per heavy atom. The van der Waals surface area contributed by atoms with Crippen molar-refractivity contribution in [2.75, 3.05) is 24.3 Å². The highest BCUT2D eigenvalue weighted by Crippen LogP contribution is 2.31. The van der Waals surface area contributed by atoms with Gasteiger partial charge in [0.2, 0.25) is 0 Å². The molecule has 0 aliphatic carbocycles. The smallest absolute Gasteiger partial charge is 0.295 e. The van der Waals surface area contributed by atoms with Crippen molar-refractivity contribution in [3.05, 3.63) is 65.5 Å². The molecule has 1 aliphatic rings. The zero-order valence-corrected chi connectivity index (χ0v) is 15.4. The number of hydrogen-bond acceptors (Lipinski definition) is 6. The molecule has 0 amide bonds. The normalized spacial score (nSPS) is 12.6. The third-order valence-corrected chi connectivity index (χ3v) is 4.83. The van der Waals surface area contributed by atoms with Crippen LogP contribution < -0.4 is 15.0 Å². The molecule has 3 aromatic rings. The molecule has 0 radical (unpaired) electrons. The standard InChI is InChI=1S/C20H19N3O2S/c1-23(2)16-5-9-18(10-6-16)25-17-7-3-15(4-8-17)21-20-22-19-14(13-24-20)11-12-26-19/h3-12H,13H2,1-2H3,(H,21,22). The second kappa shape index (κ2) is 7.09. The molecule has 132 valence electrons. The van der Waals surface area contributed by atoms with Gasteiger partial charge in [-0.25, -0.2) is 0 Å². The van der Waals surface area contributed by atoms with E-state index in [1.54, 1.807) is 11.3 Å². The van der Waals surface area contributed by atoms with E-state index in [0.29, 0.717) is 12.6 Å². The molecule has 0 fully saturated rings. The van der Waals surface area contributed by atoms with Crippen LogP contribution in [0.5, 0.6) is 11.5 Å². The number of amidine groups is 1. The molecule has 0 atom stereocenters. The molecule has 6 heteroatoms. The maximum Gasteiger partial charge on any atom is 0.295 e. The van der Waals surface area contributed by atoms with E-state index in [2.05, 4.69) is 15.2 Å². The van der Waals surface area contributed by atoms with Crippen molar-refractivity contribution in [3.8, 4) is 11.5 Å². The molecule has 0 unspecified atom stereocenters. The van der Waals surface area contributed by atoms with E-state index in [4.69, 9.17) is 9.47 Å². The van der Waals surface area contributed by atoms with E-state index >= 15 is 0 Å². The minimum Gasteiger partial charge on any atom is -0.460 e. The molecule has 0 bridgehead atoms. The molecular weight excluding hydrogens is 346 g/mol. The quantitative estimate of drug-likeness (QED) is 0.687. The summed E-state index contributed by atoms with van der Waals surface area (Å²) in [5, 5.41) is 6.22. The zero-order chi connectivity index (χ0) is 17.9. The van der Waals surface area contributed by atoms with Gasteiger partial charge in [-0.05, 0) is 60.0 Å². The average Bonchev–Trinajstić information content (AvgIpc) is 3.12. The Bertz CT molecular complexity index is 915. The first-order valence-corrected chi connectivity index (χ1v) is 9.15. The molecule has 5 nitrogen and oxygen atoms in total. The van der Waals surface area contributed by atoms with Gasteiger partial charge in [-0.15, -0.1) is 11.3 Å². The van der Waals surface area contributed by atoms with Crippen LogP contribution in [0.1, 0.15) is 5.56 Å². The molecular formula is C20H19N3O2S. The van der Waals surface area contributed by atoms with Crippen molar-refractivity contribution in [1.29, 1.82) is 0 Å². The second-order valence-electron chi connectivity index (χ2n) is 6.10. The van der Waals surface area contributed by atoms with Gasteiger partial charge in [-0.1, -0.05) is 0 Å². The van der Waals surface area contributed by atoms with Gasteiger partial charge in [0.25, 0.3) is 6.02 Å². The van der Waals surface area contributed by atoms with Gasteiger partial charge in [0, 0.05) is 31.0 Å². The van der Waals surface area contributed by atoms with Gasteiger partial charge in [0.1, 0.15) is 23.1 Å².